The number of amides is 1. The van der Waals surface area contributed by atoms with Crippen molar-refractivity contribution in [2.75, 3.05) is 0 Å². The second-order valence-corrected chi connectivity index (χ2v) is 11.4. The van der Waals surface area contributed by atoms with Gasteiger partial charge in [-0.05, 0) is 68.4 Å². The Labute approximate surface area is 235 Å². The van der Waals surface area contributed by atoms with Crippen molar-refractivity contribution >= 4 is 22.8 Å². The minimum Gasteiger partial charge on any atom is -0.481 e. The molecule has 3 fully saturated rings. The summed E-state index contributed by atoms with van der Waals surface area (Å²) < 4.78 is 41.3. The van der Waals surface area contributed by atoms with Crippen LogP contribution in [0.1, 0.15) is 65.1 Å². The molecule has 0 saturated heterocycles. The van der Waals surface area contributed by atoms with Gasteiger partial charge in [0.05, 0.1) is 27.8 Å². The third-order valence-electron chi connectivity index (χ3n) is 9.21. The van der Waals surface area contributed by atoms with E-state index in [9.17, 15) is 27.9 Å². The summed E-state index contributed by atoms with van der Waals surface area (Å²) in [6.07, 6.45) is -2.42. The molecular formula is C33H29F3N2O3. The average Bonchev–Trinajstić information content (AvgIpc) is 2.97. The maximum Gasteiger partial charge on any atom is 0.416 e. The fraction of sp³-hybridized carbons (Fsp3) is 0.303. The van der Waals surface area contributed by atoms with Crippen LogP contribution in [0.4, 0.5) is 13.2 Å². The number of carboxylic acid groups (broad SMARTS) is 1. The van der Waals surface area contributed by atoms with Gasteiger partial charge in [0.25, 0.3) is 5.91 Å². The SMILES string of the molecule is Cc1c(-c2ccccc2)nc2ccc(C(F)(F)F)cc2c1C(=O)NC12CCC(C(=O)O)(CC1)CC2c1ccccc1. The van der Waals surface area contributed by atoms with Crippen LogP contribution in [-0.4, -0.2) is 27.5 Å². The summed E-state index contributed by atoms with van der Waals surface area (Å²) in [5.74, 6) is -1.54. The van der Waals surface area contributed by atoms with Gasteiger partial charge in [-0.25, -0.2) is 4.98 Å². The van der Waals surface area contributed by atoms with Gasteiger partial charge in [0.2, 0.25) is 0 Å². The molecule has 41 heavy (non-hydrogen) atoms. The van der Waals surface area contributed by atoms with Gasteiger partial charge >= 0.3 is 12.1 Å². The molecule has 1 heterocycles. The molecular weight excluding hydrogens is 529 g/mol. The van der Waals surface area contributed by atoms with E-state index in [-0.39, 0.29) is 16.9 Å². The number of carbonyl (C=O) groups excluding carboxylic acids is 1. The van der Waals surface area contributed by atoms with E-state index >= 15 is 0 Å². The second-order valence-electron chi connectivity index (χ2n) is 11.4. The summed E-state index contributed by atoms with van der Waals surface area (Å²) >= 11 is 0. The van der Waals surface area contributed by atoms with E-state index in [1.807, 2.05) is 60.7 Å². The number of alkyl halides is 3. The summed E-state index contributed by atoms with van der Waals surface area (Å²) in [6.45, 7) is 1.72. The van der Waals surface area contributed by atoms with Crippen molar-refractivity contribution in [2.45, 2.75) is 56.7 Å². The molecule has 3 saturated carbocycles. The van der Waals surface area contributed by atoms with E-state index in [1.165, 1.54) is 6.07 Å². The van der Waals surface area contributed by atoms with Crippen LogP contribution in [0.5, 0.6) is 0 Å². The summed E-state index contributed by atoms with van der Waals surface area (Å²) in [5, 5.41) is 13.5. The largest absolute Gasteiger partial charge is 0.481 e. The Kier molecular flexibility index (Phi) is 6.40. The van der Waals surface area contributed by atoms with E-state index in [4.69, 9.17) is 0 Å². The molecule has 2 bridgehead atoms. The third kappa shape index (κ3) is 4.55. The van der Waals surface area contributed by atoms with Crippen LogP contribution in [0.15, 0.2) is 78.9 Å². The number of fused-ring (bicyclic) bond motifs is 4. The van der Waals surface area contributed by atoms with Gasteiger partial charge in [0.15, 0.2) is 0 Å². The molecule has 1 unspecified atom stereocenters. The summed E-state index contributed by atoms with van der Waals surface area (Å²) in [4.78, 5) is 31.4. The van der Waals surface area contributed by atoms with Crippen molar-refractivity contribution in [1.29, 1.82) is 0 Å². The minimum atomic E-state index is -4.59. The molecule has 210 valence electrons. The zero-order chi connectivity index (χ0) is 29.0. The van der Waals surface area contributed by atoms with E-state index in [0.717, 1.165) is 23.3 Å². The van der Waals surface area contributed by atoms with Crippen LogP contribution in [0.25, 0.3) is 22.2 Å². The highest BCUT2D eigenvalue weighted by Crippen LogP contribution is 2.59. The van der Waals surface area contributed by atoms with Crippen LogP contribution in [-0.2, 0) is 11.0 Å². The van der Waals surface area contributed by atoms with Gasteiger partial charge in [0, 0.05) is 22.4 Å². The highest BCUT2D eigenvalue weighted by atomic mass is 19.4. The zero-order valence-corrected chi connectivity index (χ0v) is 22.5. The number of carboxylic acids is 1. The Bertz CT molecular complexity index is 1640. The molecule has 0 aliphatic heterocycles. The first-order chi connectivity index (χ1) is 19.5. The highest BCUT2D eigenvalue weighted by molar-refractivity contribution is 6.09. The summed E-state index contributed by atoms with van der Waals surface area (Å²) in [5.41, 5.74) is 0.720. The van der Waals surface area contributed by atoms with Crippen molar-refractivity contribution < 1.29 is 27.9 Å². The molecule has 0 spiro atoms. The van der Waals surface area contributed by atoms with E-state index in [2.05, 4.69) is 10.3 Å². The number of hydrogen-bond acceptors (Lipinski definition) is 3. The number of hydrogen-bond donors (Lipinski definition) is 2. The molecule has 2 N–H and O–H groups in total. The monoisotopic (exact) mass is 558 g/mol. The van der Waals surface area contributed by atoms with Gasteiger partial charge in [-0.15, -0.1) is 0 Å². The number of aliphatic carboxylic acids is 1. The van der Waals surface area contributed by atoms with Gasteiger partial charge in [-0.1, -0.05) is 60.7 Å². The van der Waals surface area contributed by atoms with E-state index < -0.39 is 34.6 Å². The molecule has 1 amide bonds. The van der Waals surface area contributed by atoms with E-state index in [0.29, 0.717) is 48.9 Å². The molecule has 1 atom stereocenters. The van der Waals surface area contributed by atoms with Crippen molar-refractivity contribution in [3.05, 3.63) is 101 Å². The number of halogens is 3. The van der Waals surface area contributed by atoms with E-state index in [1.54, 1.807) is 6.92 Å². The molecule has 1 aromatic heterocycles. The fourth-order valence-electron chi connectivity index (χ4n) is 6.94. The Hall–Kier alpha value is -4.20. The molecule has 7 rings (SSSR count). The maximum atomic E-state index is 14.3. The average molecular weight is 559 g/mol. The first-order valence-corrected chi connectivity index (χ1v) is 13.7. The van der Waals surface area contributed by atoms with Crippen molar-refractivity contribution in [3.8, 4) is 11.3 Å². The summed E-state index contributed by atoms with van der Waals surface area (Å²) in [7, 11) is 0. The van der Waals surface area contributed by atoms with Crippen LogP contribution in [0.2, 0.25) is 0 Å². The molecule has 3 aromatic carbocycles. The normalized spacial score (nSPS) is 23.9. The van der Waals surface area contributed by atoms with Crippen LogP contribution in [0, 0.1) is 12.3 Å². The maximum absolute atomic E-state index is 14.3. The molecule has 8 heteroatoms. The van der Waals surface area contributed by atoms with Crippen molar-refractivity contribution in [3.63, 3.8) is 0 Å². The molecule has 3 aliphatic rings. The topological polar surface area (TPSA) is 79.3 Å². The number of nitrogens with zero attached hydrogens (tertiary/aromatic N) is 1. The molecule has 4 aromatic rings. The minimum absolute atomic E-state index is 0.133. The number of benzene rings is 3. The number of carbonyl (C=O) groups is 2. The predicted octanol–water partition coefficient (Wildman–Crippen LogP) is 7.53. The predicted molar refractivity (Wildman–Crippen MR) is 149 cm³/mol. The van der Waals surface area contributed by atoms with Crippen molar-refractivity contribution in [1.82, 2.24) is 10.3 Å². The summed E-state index contributed by atoms with van der Waals surface area (Å²) in [6, 6.07) is 22.1. The lowest BCUT2D eigenvalue weighted by Crippen LogP contribution is -2.62. The molecule has 0 radical (unpaired) electrons. The second kappa shape index (κ2) is 9.72. The smallest absolute Gasteiger partial charge is 0.416 e. The Morgan fingerprint density at radius 1 is 0.927 bits per heavy atom. The van der Waals surface area contributed by atoms with Gasteiger partial charge in [0.1, 0.15) is 0 Å². The van der Waals surface area contributed by atoms with Gasteiger partial charge in [-0.3, -0.25) is 9.59 Å². The Balaban J connectivity index is 1.49. The van der Waals surface area contributed by atoms with Crippen LogP contribution in [0.3, 0.4) is 0 Å². The fourth-order valence-corrected chi connectivity index (χ4v) is 6.94. The zero-order valence-electron chi connectivity index (χ0n) is 22.5. The van der Waals surface area contributed by atoms with Gasteiger partial charge in [-0.2, -0.15) is 13.2 Å². The van der Waals surface area contributed by atoms with Gasteiger partial charge < -0.3 is 10.4 Å². The standard InChI is InChI=1S/C33H29F3N2O3/c1-20-27(24-18-23(33(34,35)36)12-13-26(24)37-28(20)22-10-6-3-7-11-22)29(39)38-32-16-14-31(15-17-32,30(40)41)19-25(32)21-8-4-2-5-9-21/h2-13,18,25H,14-17,19H2,1H3,(H,38,39)(H,40,41). The van der Waals surface area contributed by atoms with Crippen LogP contribution < -0.4 is 5.32 Å². The number of nitrogens with one attached hydrogen (secondary N) is 1. The number of pyridine rings is 1. The number of rotatable bonds is 5. The van der Waals surface area contributed by atoms with Crippen molar-refractivity contribution in [2.24, 2.45) is 5.41 Å². The Morgan fingerprint density at radius 3 is 2.17 bits per heavy atom. The lowest BCUT2D eigenvalue weighted by molar-refractivity contribution is -0.157. The lowest BCUT2D eigenvalue weighted by atomic mass is 9.51. The Morgan fingerprint density at radius 2 is 1.56 bits per heavy atom. The first-order valence-electron chi connectivity index (χ1n) is 13.7. The molecule has 5 nitrogen and oxygen atoms in total. The number of aromatic nitrogens is 1. The van der Waals surface area contributed by atoms with Crippen LogP contribution >= 0.6 is 0 Å². The third-order valence-corrected chi connectivity index (χ3v) is 9.21. The quantitative estimate of drug-likeness (QED) is 0.265. The molecule has 3 aliphatic carbocycles. The lowest BCUT2D eigenvalue weighted by Gasteiger charge is -2.56. The first kappa shape index (κ1) is 27.0. The highest BCUT2D eigenvalue weighted by Gasteiger charge is 2.58.